The molecular formula is C11H18N2O2S. The van der Waals surface area contributed by atoms with Gasteiger partial charge in [0.05, 0.1) is 23.8 Å². The summed E-state index contributed by atoms with van der Waals surface area (Å²) in [6.45, 7) is 4.20. The summed E-state index contributed by atoms with van der Waals surface area (Å²) in [6.07, 6.45) is 3.09. The van der Waals surface area contributed by atoms with E-state index < -0.39 is 5.60 Å². The molecule has 0 aliphatic carbocycles. The van der Waals surface area contributed by atoms with E-state index in [2.05, 4.69) is 10.3 Å². The van der Waals surface area contributed by atoms with Crippen LogP contribution in [0.15, 0.2) is 11.6 Å². The zero-order valence-corrected chi connectivity index (χ0v) is 10.3. The SMILES string of the molecule is CC(O)(Cc1nccs1)CC1COCCN1. The fourth-order valence-corrected chi connectivity index (χ4v) is 2.81. The Balaban J connectivity index is 1.86. The number of aliphatic hydroxyl groups is 1. The molecule has 1 aromatic heterocycles. The molecule has 0 spiro atoms. The maximum Gasteiger partial charge on any atom is 0.0953 e. The van der Waals surface area contributed by atoms with Crippen molar-refractivity contribution in [2.24, 2.45) is 0 Å². The fraction of sp³-hybridized carbons (Fsp3) is 0.727. The Kier molecular flexibility index (Phi) is 3.91. The lowest BCUT2D eigenvalue weighted by Crippen LogP contribution is -2.46. The predicted molar refractivity (Wildman–Crippen MR) is 63.7 cm³/mol. The molecule has 0 saturated carbocycles. The number of nitrogens with zero attached hydrogens (tertiary/aromatic N) is 1. The van der Waals surface area contributed by atoms with Gasteiger partial charge in [-0.3, -0.25) is 0 Å². The predicted octanol–water partition coefficient (Wildman–Crippen LogP) is 0.815. The number of thiazole rings is 1. The van der Waals surface area contributed by atoms with Gasteiger partial charge < -0.3 is 15.2 Å². The van der Waals surface area contributed by atoms with E-state index in [1.807, 2.05) is 12.3 Å². The van der Waals surface area contributed by atoms with Gasteiger partial charge in [-0.15, -0.1) is 11.3 Å². The summed E-state index contributed by atoms with van der Waals surface area (Å²) in [6, 6.07) is 0.253. The average Bonchev–Trinajstić information content (AvgIpc) is 2.70. The second-order valence-electron chi connectivity index (χ2n) is 4.53. The van der Waals surface area contributed by atoms with Crippen LogP contribution in [0.3, 0.4) is 0 Å². The summed E-state index contributed by atoms with van der Waals surface area (Å²) in [5.74, 6) is 0. The number of nitrogens with one attached hydrogen (secondary N) is 1. The summed E-state index contributed by atoms with van der Waals surface area (Å²) < 4.78 is 5.38. The van der Waals surface area contributed by atoms with Crippen LogP contribution in [-0.4, -0.2) is 41.5 Å². The standard InChI is InChI=1S/C11H18N2O2S/c1-11(14,7-10-13-3-5-16-10)6-9-8-15-4-2-12-9/h3,5,9,12,14H,2,4,6-8H2,1H3. The molecule has 2 rings (SSSR count). The third-order valence-electron chi connectivity index (χ3n) is 2.70. The Hall–Kier alpha value is -0.490. The van der Waals surface area contributed by atoms with E-state index in [4.69, 9.17) is 4.74 Å². The van der Waals surface area contributed by atoms with Crippen molar-refractivity contribution in [1.29, 1.82) is 0 Å². The molecule has 0 radical (unpaired) electrons. The first-order valence-electron chi connectivity index (χ1n) is 5.58. The first kappa shape index (κ1) is 12.0. The second-order valence-corrected chi connectivity index (χ2v) is 5.51. The summed E-state index contributed by atoms with van der Waals surface area (Å²) in [5, 5.41) is 16.6. The van der Waals surface area contributed by atoms with Crippen LogP contribution in [0.25, 0.3) is 0 Å². The Morgan fingerprint density at radius 2 is 2.62 bits per heavy atom. The zero-order chi connectivity index (χ0) is 11.4. The maximum atomic E-state index is 10.3. The van der Waals surface area contributed by atoms with Crippen molar-refractivity contribution in [2.75, 3.05) is 19.8 Å². The van der Waals surface area contributed by atoms with Crippen molar-refractivity contribution in [3.63, 3.8) is 0 Å². The zero-order valence-electron chi connectivity index (χ0n) is 9.48. The van der Waals surface area contributed by atoms with Crippen molar-refractivity contribution in [3.8, 4) is 0 Å². The topological polar surface area (TPSA) is 54.4 Å². The first-order valence-corrected chi connectivity index (χ1v) is 6.45. The van der Waals surface area contributed by atoms with Crippen LogP contribution in [0.2, 0.25) is 0 Å². The van der Waals surface area contributed by atoms with Gasteiger partial charge in [0.1, 0.15) is 0 Å². The van der Waals surface area contributed by atoms with E-state index in [9.17, 15) is 5.11 Å². The number of ether oxygens (including phenoxy) is 1. The highest BCUT2D eigenvalue weighted by molar-refractivity contribution is 7.09. The van der Waals surface area contributed by atoms with Gasteiger partial charge in [0.15, 0.2) is 0 Å². The molecule has 16 heavy (non-hydrogen) atoms. The van der Waals surface area contributed by atoms with Crippen LogP contribution in [0.4, 0.5) is 0 Å². The normalized spacial score (nSPS) is 25.2. The lowest BCUT2D eigenvalue weighted by atomic mass is 9.93. The number of hydrogen-bond donors (Lipinski definition) is 2. The van der Waals surface area contributed by atoms with Gasteiger partial charge in [-0.1, -0.05) is 0 Å². The minimum Gasteiger partial charge on any atom is -0.390 e. The van der Waals surface area contributed by atoms with Crippen molar-refractivity contribution in [3.05, 3.63) is 16.6 Å². The lowest BCUT2D eigenvalue weighted by Gasteiger charge is -2.31. The van der Waals surface area contributed by atoms with E-state index in [0.717, 1.165) is 18.2 Å². The van der Waals surface area contributed by atoms with Gasteiger partial charge in [-0.25, -0.2) is 4.98 Å². The molecule has 4 nitrogen and oxygen atoms in total. The largest absolute Gasteiger partial charge is 0.390 e. The van der Waals surface area contributed by atoms with Crippen molar-refractivity contribution in [1.82, 2.24) is 10.3 Å². The van der Waals surface area contributed by atoms with Gasteiger partial charge in [-0.2, -0.15) is 0 Å². The molecule has 5 heteroatoms. The van der Waals surface area contributed by atoms with Gasteiger partial charge in [0, 0.05) is 30.6 Å². The van der Waals surface area contributed by atoms with Crippen molar-refractivity contribution < 1.29 is 9.84 Å². The molecule has 2 N–H and O–H groups in total. The molecular weight excluding hydrogens is 224 g/mol. The molecule has 0 amide bonds. The second kappa shape index (κ2) is 5.23. The van der Waals surface area contributed by atoms with E-state index in [1.54, 1.807) is 17.5 Å². The number of aromatic nitrogens is 1. The first-order chi connectivity index (χ1) is 7.66. The van der Waals surface area contributed by atoms with Gasteiger partial charge in [0.2, 0.25) is 0 Å². The molecule has 0 aromatic carbocycles. The fourth-order valence-electron chi connectivity index (χ4n) is 2.02. The number of hydrogen-bond acceptors (Lipinski definition) is 5. The maximum absolute atomic E-state index is 10.3. The summed E-state index contributed by atoms with van der Waals surface area (Å²) in [7, 11) is 0. The molecule has 1 aliphatic heterocycles. The molecule has 2 heterocycles. The van der Waals surface area contributed by atoms with E-state index in [1.165, 1.54) is 0 Å². The molecule has 1 saturated heterocycles. The minimum absolute atomic E-state index is 0.253. The van der Waals surface area contributed by atoms with Gasteiger partial charge in [0.25, 0.3) is 0 Å². The Morgan fingerprint density at radius 1 is 1.75 bits per heavy atom. The summed E-state index contributed by atoms with van der Waals surface area (Å²) >= 11 is 1.59. The molecule has 1 fully saturated rings. The summed E-state index contributed by atoms with van der Waals surface area (Å²) in [5.41, 5.74) is -0.712. The third-order valence-corrected chi connectivity index (χ3v) is 3.48. The molecule has 90 valence electrons. The molecule has 2 unspecified atom stereocenters. The van der Waals surface area contributed by atoms with E-state index >= 15 is 0 Å². The molecule has 1 aliphatic rings. The quantitative estimate of drug-likeness (QED) is 0.820. The number of morpholine rings is 1. The highest BCUT2D eigenvalue weighted by Crippen LogP contribution is 2.20. The van der Waals surface area contributed by atoms with Gasteiger partial charge in [-0.05, 0) is 13.3 Å². The molecule has 0 bridgehead atoms. The average molecular weight is 242 g/mol. The van der Waals surface area contributed by atoms with Crippen molar-refractivity contribution >= 4 is 11.3 Å². The minimum atomic E-state index is -0.712. The molecule has 2 atom stereocenters. The Labute approximate surface area is 99.7 Å². The van der Waals surface area contributed by atoms with Crippen LogP contribution < -0.4 is 5.32 Å². The van der Waals surface area contributed by atoms with E-state index in [-0.39, 0.29) is 6.04 Å². The molecule has 1 aromatic rings. The smallest absolute Gasteiger partial charge is 0.0953 e. The van der Waals surface area contributed by atoms with Crippen molar-refractivity contribution in [2.45, 2.75) is 31.4 Å². The van der Waals surface area contributed by atoms with Crippen LogP contribution in [-0.2, 0) is 11.2 Å². The van der Waals surface area contributed by atoms with Crippen LogP contribution in [0.5, 0.6) is 0 Å². The Bertz CT molecular complexity index is 308. The third kappa shape index (κ3) is 3.52. The monoisotopic (exact) mass is 242 g/mol. The van der Waals surface area contributed by atoms with Crippen LogP contribution >= 0.6 is 11.3 Å². The highest BCUT2D eigenvalue weighted by Gasteiger charge is 2.27. The highest BCUT2D eigenvalue weighted by atomic mass is 32.1. The van der Waals surface area contributed by atoms with Gasteiger partial charge >= 0.3 is 0 Å². The number of rotatable bonds is 4. The lowest BCUT2D eigenvalue weighted by molar-refractivity contribution is 0.00648. The Morgan fingerprint density at radius 3 is 3.25 bits per heavy atom. The van der Waals surface area contributed by atoms with Crippen LogP contribution in [0, 0.1) is 0 Å². The summed E-state index contributed by atoms with van der Waals surface area (Å²) in [4.78, 5) is 4.20. The van der Waals surface area contributed by atoms with Crippen LogP contribution in [0.1, 0.15) is 18.4 Å². The van der Waals surface area contributed by atoms with E-state index in [0.29, 0.717) is 19.4 Å².